The first-order valence-electron chi connectivity index (χ1n) is 13.2. The molecule has 0 heterocycles. The second-order valence-electron chi connectivity index (χ2n) is 9.90. The lowest BCUT2D eigenvalue weighted by Crippen LogP contribution is -2.50. The molecule has 0 bridgehead atoms. The van der Waals surface area contributed by atoms with Crippen LogP contribution in [0.5, 0.6) is 5.75 Å². The summed E-state index contributed by atoms with van der Waals surface area (Å²) >= 11 is 0. The number of carbonyl (C=O) groups is 2. The third-order valence-corrected chi connectivity index (χ3v) is 7.71. The Balaban J connectivity index is 2.27. The molecule has 0 aliphatic carbocycles. The van der Waals surface area contributed by atoms with Crippen molar-refractivity contribution in [3.8, 4) is 5.75 Å². The zero-order chi connectivity index (χ0) is 28.5. The Morgan fingerprint density at radius 3 is 2.24 bits per heavy atom. The SMILES string of the molecule is CC[C@H](C)NC(=O)[C@H](CC)N(Cc1cccc(OC)c1)C(=O)CCCN(c1cc(C)cc(C)c1)S(C)(=O)=O. The first-order chi connectivity index (χ1) is 17.9. The highest BCUT2D eigenvalue weighted by Crippen LogP contribution is 2.23. The number of carbonyl (C=O) groups excluding carboxylic acids is 2. The molecule has 0 saturated carbocycles. The van der Waals surface area contributed by atoms with Crippen molar-refractivity contribution in [1.29, 1.82) is 0 Å². The molecule has 1 N–H and O–H groups in total. The first-order valence-corrected chi connectivity index (χ1v) is 15.0. The summed E-state index contributed by atoms with van der Waals surface area (Å²) in [6.07, 6.45) is 2.83. The van der Waals surface area contributed by atoms with Crippen LogP contribution in [0.1, 0.15) is 63.1 Å². The van der Waals surface area contributed by atoms with Gasteiger partial charge in [-0.3, -0.25) is 13.9 Å². The number of amides is 2. The van der Waals surface area contributed by atoms with E-state index in [0.717, 1.165) is 23.1 Å². The number of nitrogens with one attached hydrogen (secondary N) is 1. The summed E-state index contributed by atoms with van der Waals surface area (Å²) in [5, 5.41) is 3.01. The number of anilines is 1. The van der Waals surface area contributed by atoms with E-state index < -0.39 is 16.1 Å². The van der Waals surface area contributed by atoms with E-state index >= 15 is 0 Å². The number of nitrogens with zero attached hydrogens (tertiary/aromatic N) is 2. The van der Waals surface area contributed by atoms with Crippen molar-refractivity contribution >= 4 is 27.5 Å². The van der Waals surface area contributed by atoms with E-state index in [9.17, 15) is 18.0 Å². The Morgan fingerprint density at radius 2 is 1.68 bits per heavy atom. The van der Waals surface area contributed by atoms with E-state index in [0.29, 0.717) is 24.3 Å². The molecule has 2 aromatic carbocycles. The van der Waals surface area contributed by atoms with Crippen molar-refractivity contribution in [2.45, 2.75) is 78.9 Å². The van der Waals surface area contributed by atoms with E-state index in [-0.39, 0.29) is 37.4 Å². The summed E-state index contributed by atoms with van der Waals surface area (Å²) in [6, 6.07) is 12.4. The van der Waals surface area contributed by atoms with Gasteiger partial charge in [-0.1, -0.05) is 32.0 Å². The monoisotopic (exact) mass is 545 g/mol. The van der Waals surface area contributed by atoms with Crippen LogP contribution in [0.4, 0.5) is 5.69 Å². The summed E-state index contributed by atoms with van der Waals surface area (Å²) in [5.41, 5.74) is 3.37. The van der Waals surface area contributed by atoms with Crippen LogP contribution >= 0.6 is 0 Å². The Hall–Kier alpha value is -3.07. The van der Waals surface area contributed by atoms with E-state index in [1.165, 1.54) is 10.6 Å². The Bertz CT molecular complexity index is 1180. The summed E-state index contributed by atoms with van der Waals surface area (Å²) in [4.78, 5) is 28.3. The van der Waals surface area contributed by atoms with Crippen LogP contribution in [0, 0.1) is 13.8 Å². The molecular weight excluding hydrogens is 502 g/mol. The maximum absolute atomic E-state index is 13.6. The predicted molar refractivity (Wildman–Crippen MR) is 153 cm³/mol. The molecule has 2 amide bonds. The molecule has 210 valence electrons. The van der Waals surface area contributed by atoms with Crippen LogP contribution in [-0.2, 0) is 26.2 Å². The van der Waals surface area contributed by atoms with Crippen molar-refractivity contribution in [1.82, 2.24) is 10.2 Å². The first kappa shape index (κ1) is 31.1. The van der Waals surface area contributed by atoms with Crippen LogP contribution in [-0.4, -0.2) is 57.1 Å². The van der Waals surface area contributed by atoms with Gasteiger partial charge in [-0.25, -0.2) is 8.42 Å². The fourth-order valence-electron chi connectivity index (χ4n) is 4.43. The highest BCUT2D eigenvalue weighted by Gasteiger charge is 2.29. The third-order valence-electron chi connectivity index (χ3n) is 6.52. The summed E-state index contributed by atoms with van der Waals surface area (Å²) in [7, 11) is -1.96. The van der Waals surface area contributed by atoms with Gasteiger partial charge in [0.15, 0.2) is 0 Å². The van der Waals surface area contributed by atoms with E-state index in [1.54, 1.807) is 12.0 Å². The van der Waals surface area contributed by atoms with Crippen LogP contribution < -0.4 is 14.4 Å². The molecule has 2 aromatic rings. The van der Waals surface area contributed by atoms with Gasteiger partial charge in [0.05, 0.1) is 19.1 Å². The molecule has 9 heteroatoms. The fourth-order valence-corrected chi connectivity index (χ4v) is 5.38. The molecule has 0 aliphatic rings. The van der Waals surface area contributed by atoms with Crippen LogP contribution in [0.25, 0.3) is 0 Å². The van der Waals surface area contributed by atoms with Gasteiger partial charge >= 0.3 is 0 Å². The number of benzene rings is 2. The van der Waals surface area contributed by atoms with Gasteiger partial charge in [0.2, 0.25) is 21.8 Å². The van der Waals surface area contributed by atoms with E-state index in [1.807, 2.05) is 77.1 Å². The molecule has 8 nitrogen and oxygen atoms in total. The molecule has 0 aromatic heterocycles. The number of ether oxygens (including phenoxy) is 1. The normalized spacial score (nSPS) is 12.9. The maximum Gasteiger partial charge on any atom is 0.243 e. The van der Waals surface area contributed by atoms with Crippen molar-refractivity contribution in [2.24, 2.45) is 0 Å². The van der Waals surface area contributed by atoms with Gasteiger partial charge < -0.3 is 15.0 Å². The molecule has 2 rings (SSSR count). The van der Waals surface area contributed by atoms with Crippen molar-refractivity contribution in [3.05, 3.63) is 59.2 Å². The quantitative estimate of drug-likeness (QED) is 0.375. The zero-order valence-corrected chi connectivity index (χ0v) is 24.6. The van der Waals surface area contributed by atoms with Gasteiger partial charge in [0, 0.05) is 25.6 Å². The topological polar surface area (TPSA) is 96.0 Å². The smallest absolute Gasteiger partial charge is 0.243 e. The Kier molecular flexibility index (Phi) is 11.6. The predicted octanol–water partition coefficient (Wildman–Crippen LogP) is 4.58. The molecular formula is C29H43N3O5S. The average Bonchev–Trinajstić information content (AvgIpc) is 2.84. The Morgan fingerprint density at radius 1 is 1.03 bits per heavy atom. The lowest BCUT2D eigenvalue weighted by atomic mass is 10.1. The fraction of sp³-hybridized carbons (Fsp3) is 0.517. The zero-order valence-electron chi connectivity index (χ0n) is 23.8. The van der Waals surface area contributed by atoms with Crippen molar-refractivity contribution < 1.29 is 22.7 Å². The highest BCUT2D eigenvalue weighted by molar-refractivity contribution is 7.92. The Labute approximate surface area is 228 Å². The van der Waals surface area contributed by atoms with Gasteiger partial charge in [0.25, 0.3) is 0 Å². The van der Waals surface area contributed by atoms with E-state index in [4.69, 9.17) is 4.74 Å². The number of rotatable bonds is 14. The minimum absolute atomic E-state index is 0.00794. The molecule has 0 unspecified atom stereocenters. The van der Waals surface area contributed by atoms with Gasteiger partial charge in [-0.05, 0) is 81.0 Å². The largest absolute Gasteiger partial charge is 0.497 e. The molecule has 0 spiro atoms. The molecule has 2 atom stereocenters. The minimum Gasteiger partial charge on any atom is -0.497 e. The highest BCUT2D eigenvalue weighted by atomic mass is 32.2. The van der Waals surface area contributed by atoms with Gasteiger partial charge in [-0.2, -0.15) is 0 Å². The maximum atomic E-state index is 13.6. The standard InChI is InChI=1S/C29H43N3O5S/c1-8-23(5)30-29(34)27(9-2)31(20-24-12-10-13-26(19-24)37-6)28(33)14-11-15-32(38(7,35)36)25-17-21(3)16-22(4)18-25/h10,12-13,16-19,23,27H,8-9,11,14-15,20H2,1-7H3,(H,30,34)/t23-,27-/m0/s1. The molecule has 0 radical (unpaired) electrons. The summed E-state index contributed by atoms with van der Waals surface area (Å²) in [6.45, 7) is 10.1. The minimum atomic E-state index is -3.55. The van der Waals surface area contributed by atoms with Crippen molar-refractivity contribution in [2.75, 3.05) is 24.2 Å². The van der Waals surface area contributed by atoms with Crippen LogP contribution in [0.3, 0.4) is 0 Å². The number of hydrogen-bond acceptors (Lipinski definition) is 5. The second kappa shape index (κ2) is 14.2. The number of sulfonamides is 1. The van der Waals surface area contributed by atoms with E-state index in [2.05, 4.69) is 5.32 Å². The molecule has 0 saturated heterocycles. The molecule has 0 aliphatic heterocycles. The summed E-state index contributed by atoms with van der Waals surface area (Å²) < 4.78 is 31.9. The molecule has 38 heavy (non-hydrogen) atoms. The lowest BCUT2D eigenvalue weighted by molar-refractivity contribution is -0.141. The number of aryl methyl sites for hydroxylation is 2. The third kappa shape index (κ3) is 9.04. The number of hydrogen-bond donors (Lipinski definition) is 1. The lowest BCUT2D eigenvalue weighted by Gasteiger charge is -2.32. The van der Waals surface area contributed by atoms with Crippen LogP contribution in [0.15, 0.2) is 42.5 Å². The van der Waals surface area contributed by atoms with Gasteiger partial charge in [-0.15, -0.1) is 0 Å². The number of methoxy groups -OCH3 is 1. The van der Waals surface area contributed by atoms with Gasteiger partial charge in [0.1, 0.15) is 11.8 Å². The molecule has 0 fully saturated rings. The summed E-state index contributed by atoms with van der Waals surface area (Å²) in [5.74, 6) is 0.281. The van der Waals surface area contributed by atoms with Crippen LogP contribution in [0.2, 0.25) is 0 Å². The average molecular weight is 546 g/mol. The van der Waals surface area contributed by atoms with Crippen molar-refractivity contribution in [3.63, 3.8) is 0 Å². The second-order valence-corrected chi connectivity index (χ2v) is 11.8.